The molecule has 0 aliphatic rings. The minimum absolute atomic E-state index is 0.125. The van der Waals surface area contributed by atoms with Crippen LogP contribution in [-0.4, -0.2) is 5.91 Å². The van der Waals surface area contributed by atoms with E-state index in [1.165, 1.54) is 0 Å². The van der Waals surface area contributed by atoms with E-state index in [4.69, 9.17) is 5.73 Å². The zero-order valence-electron chi connectivity index (χ0n) is 9.65. The molecule has 0 aromatic rings. The minimum Gasteiger partial charge on any atom is -0.369 e. The molecule has 84 valence electrons. The molecule has 0 radical (unpaired) electrons. The Hall–Kier alpha value is -1.31. The number of allylic oxidation sites excluding steroid dienone is 5. The van der Waals surface area contributed by atoms with E-state index in [0.29, 0.717) is 0 Å². The Morgan fingerprint density at radius 2 is 1.93 bits per heavy atom. The predicted octanol–water partition coefficient (Wildman–Crippen LogP) is 2.97. The summed E-state index contributed by atoms with van der Waals surface area (Å²) in [6.07, 6.45) is 14.4. The second-order valence-corrected chi connectivity index (χ2v) is 3.45. The van der Waals surface area contributed by atoms with Crippen molar-refractivity contribution < 1.29 is 4.79 Å². The van der Waals surface area contributed by atoms with Gasteiger partial charge in [-0.1, -0.05) is 56.2 Å². The summed E-state index contributed by atoms with van der Waals surface area (Å²) in [5.74, 6) is -0.362. The van der Waals surface area contributed by atoms with E-state index in [-0.39, 0.29) is 11.8 Å². The summed E-state index contributed by atoms with van der Waals surface area (Å²) in [5, 5.41) is 0. The van der Waals surface area contributed by atoms with Crippen LogP contribution in [0.3, 0.4) is 0 Å². The molecule has 1 unspecified atom stereocenters. The van der Waals surface area contributed by atoms with Gasteiger partial charge < -0.3 is 5.73 Å². The topological polar surface area (TPSA) is 43.1 Å². The first kappa shape index (κ1) is 13.7. The Labute approximate surface area is 92.6 Å². The number of unbranched alkanes of at least 4 members (excludes halogenated alkanes) is 1. The average Bonchev–Trinajstić information content (AvgIpc) is 2.21. The van der Waals surface area contributed by atoms with Crippen LogP contribution in [0.1, 0.15) is 33.1 Å². The molecule has 2 heteroatoms. The van der Waals surface area contributed by atoms with Crippen molar-refractivity contribution in [3.63, 3.8) is 0 Å². The molecule has 0 aliphatic carbocycles. The Morgan fingerprint density at radius 3 is 2.47 bits per heavy atom. The summed E-state index contributed by atoms with van der Waals surface area (Å²) in [6.45, 7) is 4.06. The van der Waals surface area contributed by atoms with Gasteiger partial charge in [-0.2, -0.15) is 0 Å². The molecule has 1 atom stereocenters. The first-order valence-electron chi connectivity index (χ1n) is 5.47. The van der Waals surface area contributed by atoms with Gasteiger partial charge in [0.25, 0.3) is 0 Å². The summed E-state index contributed by atoms with van der Waals surface area (Å²) in [7, 11) is 0. The molecule has 0 spiro atoms. The lowest BCUT2D eigenvalue weighted by atomic mass is 10.0. The Balaban J connectivity index is 4.09. The highest BCUT2D eigenvalue weighted by molar-refractivity contribution is 5.78. The molecule has 0 aliphatic heterocycles. The molecule has 0 aromatic heterocycles. The summed E-state index contributed by atoms with van der Waals surface area (Å²) in [5.41, 5.74) is 5.29. The molecular formula is C13H21NO. The molecular weight excluding hydrogens is 186 g/mol. The fraction of sp³-hybridized carbons (Fsp3) is 0.462. The fourth-order valence-corrected chi connectivity index (χ4v) is 1.20. The van der Waals surface area contributed by atoms with Crippen LogP contribution >= 0.6 is 0 Å². The number of primary amides is 1. The smallest absolute Gasteiger partial charge is 0.224 e. The maximum Gasteiger partial charge on any atom is 0.224 e. The zero-order chi connectivity index (χ0) is 11.5. The number of carbonyl (C=O) groups is 1. The number of carbonyl (C=O) groups excluding carboxylic acids is 1. The van der Waals surface area contributed by atoms with Crippen LogP contribution in [0, 0.1) is 5.92 Å². The highest BCUT2D eigenvalue weighted by Gasteiger charge is 2.09. The maximum atomic E-state index is 11.1. The number of hydrogen-bond donors (Lipinski definition) is 1. The van der Waals surface area contributed by atoms with E-state index in [2.05, 4.69) is 6.92 Å². The van der Waals surface area contributed by atoms with Crippen molar-refractivity contribution in [2.75, 3.05) is 0 Å². The van der Waals surface area contributed by atoms with Gasteiger partial charge in [-0.25, -0.2) is 0 Å². The van der Waals surface area contributed by atoms with Crippen molar-refractivity contribution in [3.05, 3.63) is 36.5 Å². The monoisotopic (exact) mass is 207 g/mol. The van der Waals surface area contributed by atoms with E-state index in [0.717, 1.165) is 19.3 Å². The summed E-state index contributed by atoms with van der Waals surface area (Å²) < 4.78 is 0. The quantitative estimate of drug-likeness (QED) is 0.641. The van der Waals surface area contributed by atoms with Crippen molar-refractivity contribution in [3.8, 4) is 0 Å². The Morgan fingerprint density at radius 1 is 1.27 bits per heavy atom. The second kappa shape index (κ2) is 9.25. The zero-order valence-corrected chi connectivity index (χ0v) is 9.65. The first-order chi connectivity index (χ1) is 7.22. The van der Waals surface area contributed by atoms with Crippen LogP contribution in [0.15, 0.2) is 36.5 Å². The van der Waals surface area contributed by atoms with Gasteiger partial charge in [-0.05, 0) is 13.3 Å². The van der Waals surface area contributed by atoms with Gasteiger partial charge in [-0.15, -0.1) is 0 Å². The molecule has 0 aromatic carbocycles. The molecule has 0 saturated carbocycles. The average molecular weight is 207 g/mol. The van der Waals surface area contributed by atoms with E-state index < -0.39 is 0 Å². The van der Waals surface area contributed by atoms with Crippen LogP contribution in [0.5, 0.6) is 0 Å². The predicted molar refractivity (Wildman–Crippen MR) is 65.3 cm³/mol. The van der Waals surface area contributed by atoms with Crippen LogP contribution in [-0.2, 0) is 4.79 Å². The lowest BCUT2D eigenvalue weighted by molar-refractivity contribution is -0.120. The van der Waals surface area contributed by atoms with E-state index in [1.807, 2.05) is 43.4 Å². The first-order valence-corrected chi connectivity index (χ1v) is 5.47. The number of rotatable bonds is 7. The highest BCUT2D eigenvalue weighted by Crippen LogP contribution is 2.09. The fourth-order valence-electron chi connectivity index (χ4n) is 1.20. The van der Waals surface area contributed by atoms with Gasteiger partial charge >= 0.3 is 0 Å². The molecule has 2 nitrogen and oxygen atoms in total. The molecule has 0 bridgehead atoms. The third-order valence-corrected chi connectivity index (χ3v) is 2.10. The van der Waals surface area contributed by atoms with Crippen LogP contribution in [0.2, 0.25) is 0 Å². The summed E-state index contributed by atoms with van der Waals surface area (Å²) in [4.78, 5) is 11.1. The minimum atomic E-state index is -0.237. The lowest BCUT2D eigenvalue weighted by Gasteiger charge is -2.06. The largest absolute Gasteiger partial charge is 0.369 e. The van der Waals surface area contributed by atoms with Gasteiger partial charge in [0.2, 0.25) is 5.91 Å². The van der Waals surface area contributed by atoms with Crippen molar-refractivity contribution in [1.82, 2.24) is 0 Å². The SMILES string of the molecule is C/C=C/C=C/C=C/C(CCCC)C(N)=O. The highest BCUT2D eigenvalue weighted by atomic mass is 16.1. The maximum absolute atomic E-state index is 11.1. The third kappa shape index (κ3) is 7.74. The summed E-state index contributed by atoms with van der Waals surface area (Å²) >= 11 is 0. The summed E-state index contributed by atoms with van der Waals surface area (Å²) in [6, 6.07) is 0. The van der Waals surface area contributed by atoms with Gasteiger partial charge in [0.05, 0.1) is 5.92 Å². The second-order valence-electron chi connectivity index (χ2n) is 3.45. The molecule has 0 heterocycles. The van der Waals surface area contributed by atoms with Gasteiger partial charge in [0, 0.05) is 0 Å². The number of amides is 1. The van der Waals surface area contributed by atoms with E-state index >= 15 is 0 Å². The van der Waals surface area contributed by atoms with Crippen LogP contribution < -0.4 is 5.73 Å². The normalized spacial score (nSPS) is 14.3. The molecule has 0 saturated heterocycles. The van der Waals surface area contributed by atoms with E-state index in [9.17, 15) is 4.79 Å². The van der Waals surface area contributed by atoms with Gasteiger partial charge in [-0.3, -0.25) is 4.79 Å². The van der Waals surface area contributed by atoms with Gasteiger partial charge in [0.1, 0.15) is 0 Å². The molecule has 15 heavy (non-hydrogen) atoms. The van der Waals surface area contributed by atoms with Gasteiger partial charge in [0.15, 0.2) is 0 Å². The number of hydrogen-bond acceptors (Lipinski definition) is 1. The van der Waals surface area contributed by atoms with Crippen molar-refractivity contribution in [2.24, 2.45) is 11.7 Å². The van der Waals surface area contributed by atoms with Crippen molar-refractivity contribution >= 4 is 5.91 Å². The molecule has 1 amide bonds. The Bertz CT molecular complexity index is 251. The van der Waals surface area contributed by atoms with Crippen molar-refractivity contribution in [1.29, 1.82) is 0 Å². The van der Waals surface area contributed by atoms with E-state index in [1.54, 1.807) is 0 Å². The molecule has 2 N–H and O–H groups in total. The molecule has 0 fully saturated rings. The van der Waals surface area contributed by atoms with Crippen LogP contribution in [0.25, 0.3) is 0 Å². The number of nitrogens with two attached hydrogens (primary N) is 1. The molecule has 0 rings (SSSR count). The van der Waals surface area contributed by atoms with Crippen molar-refractivity contribution in [2.45, 2.75) is 33.1 Å². The third-order valence-electron chi connectivity index (χ3n) is 2.10. The van der Waals surface area contributed by atoms with Crippen LogP contribution in [0.4, 0.5) is 0 Å². The lowest BCUT2D eigenvalue weighted by Crippen LogP contribution is -2.21. The Kier molecular flexibility index (Phi) is 8.44. The standard InChI is InChI=1S/C13H21NO/c1-3-5-7-8-9-11-12(13(14)15)10-6-4-2/h3,5,7-9,11-12H,4,6,10H2,1-2H3,(H2,14,15)/b5-3+,8-7+,11-9+.